The van der Waals surface area contributed by atoms with E-state index in [0.717, 1.165) is 31.5 Å². The first kappa shape index (κ1) is 20.7. The molecule has 0 bridgehead atoms. The van der Waals surface area contributed by atoms with E-state index in [9.17, 15) is 22.0 Å². The van der Waals surface area contributed by atoms with Crippen LogP contribution in [0.4, 0.5) is 14.5 Å². The summed E-state index contributed by atoms with van der Waals surface area (Å²) in [6, 6.07) is 3.03. The Morgan fingerprint density at radius 2 is 1.92 bits per heavy atom. The summed E-state index contributed by atoms with van der Waals surface area (Å²) < 4.78 is 56.4. The number of amides is 1. The summed E-state index contributed by atoms with van der Waals surface area (Å²) in [5, 5.41) is 2.43. The molecule has 26 heavy (non-hydrogen) atoms. The van der Waals surface area contributed by atoms with E-state index in [2.05, 4.69) is 10.2 Å². The van der Waals surface area contributed by atoms with Gasteiger partial charge in [-0.05, 0) is 12.1 Å². The molecule has 0 unspecified atom stereocenters. The standard InChI is InChI=1S/C16H23F2N3O4S/c1-26(23,24)21(7-6-20-8-10-25-11-9-20)5-4-16(22)19-13-2-3-14(17)15(18)12-13/h2-3,12H,4-11H2,1H3,(H,19,22). The van der Waals surface area contributed by atoms with Gasteiger partial charge in [0.15, 0.2) is 11.6 Å². The van der Waals surface area contributed by atoms with Crippen molar-refractivity contribution < 1.29 is 26.7 Å². The van der Waals surface area contributed by atoms with Crippen LogP contribution in [0.25, 0.3) is 0 Å². The van der Waals surface area contributed by atoms with E-state index in [0.29, 0.717) is 19.8 Å². The maximum absolute atomic E-state index is 13.1. The van der Waals surface area contributed by atoms with Crippen LogP contribution in [0.2, 0.25) is 0 Å². The second-order valence-corrected chi connectivity index (χ2v) is 8.03. The number of hydrogen-bond acceptors (Lipinski definition) is 5. The number of nitrogens with one attached hydrogen (secondary N) is 1. The Morgan fingerprint density at radius 3 is 2.54 bits per heavy atom. The molecule has 1 amide bonds. The molecule has 0 radical (unpaired) electrons. The van der Waals surface area contributed by atoms with E-state index in [-0.39, 0.29) is 25.2 Å². The maximum atomic E-state index is 13.1. The molecular formula is C16H23F2N3O4S. The van der Waals surface area contributed by atoms with Crippen molar-refractivity contribution in [2.75, 3.05) is 57.5 Å². The van der Waals surface area contributed by atoms with Gasteiger partial charge in [-0.15, -0.1) is 0 Å². The summed E-state index contributed by atoms with van der Waals surface area (Å²) in [5.74, 6) is -2.54. The van der Waals surface area contributed by atoms with Crippen LogP contribution < -0.4 is 5.32 Å². The Labute approximate surface area is 152 Å². The summed E-state index contributed by atoms with van der Waals surface area (Å²) in [6.07, 6.45) is 1.01. The summed E-state index contributed by atoms with van der Waals surface area (Å²) >= 11 is 0. The van der Waals surface area contributed by atoms with E-state index in [1.807, 2.05) is 0 Å². The minimum atomic E-state index is -3.46. The van der Waals surface area contributed by atoms with Crippen LogP contribution >= 0.6 is 0 Å². The highest BCUT2D eigenvalue weighted by Crippen LogP contribution is 2.13. The zero-order valence-electron chi connectivity index (χ0n) is 14.6. The van der Waals surface area contributed by atoms with Gasteiger partial charge in [-0.2, -0.15) is 0 Å². The highest BCUT2D eigenvalue weighted by atomic mass is 32.2. The van der Waals surface area contributed by atoms with Crippen molar-refractivity contribution in [1.82, 2.24) is 9.21 Å². The molecule has 1 saturated heterocycles. The molecule has 10 heteroatoms. The van der Waals surface area contributed by atoms with Gasteiger partial charge in [0.05, 0.1) is 19.5 Å². The Hall–Kier alpha value is -1.62. The Balaban J connectivity index is 1.85. The fraction of sp³-hybridized carbons (Fsp3) is 0.562. The third-order valence-corrected chi connectivity index (χ3v) is 5.33. The molecule has 0 aliphatic carbocycles. The summed E-state index contributed by atoms with van der Waals surface area (Å²) in [6.45, 7) is 3.57. The fourth-order valence-electron chi connectivity index (χ4n) is 2.54. The van der Waals surface area contributed by atoms with Gasteiger partial charge < -0.3 is 10.1 Å². The zero-order chi connectivity index (χ0) is 19.2. The van der Waals surface area contributed by atoms with Gasteiger partial charge in [-0.25, -0.2) is 21.5 Å². The smallest absolute Gasteiger partial charge is 0.225 e. The topological polar surface area (TPSA) is 79.0 Å². The van der Waals surface area contributed by atoms with Gasteiger partial charge in [-0.3, -0.25) is 9.69 Å². The van der Waals surface area contributed by atoms with Gasteiger partial charge in [-0.1, -0.05) is 0 Å². The molecule has 146 valence electrons. The average molecular weight is 391 g/mol. The van der Waals surface area contributed by atoms with Gasteiger partial charge in [0.2, 0.25) is 15.9 Å². The quantitative estimate of drug-likeness (QED) is 0.712. The van der Waals surface area contributed by atoms with Crippen LogP contribution in [0.1, 0.15) is 6.42 Å². The van der Waals surface area contributed by atoms with Crippen molar-refractivity contribution in [2.24, 2.45) is 0 Å². The third kappa shape index (κ3) is 6.60. The van der Waals surface area contributed by atoms with Crippen LogP contribution in [-0.4, -0.2) is 75.7 Å². The molecular weight excluding hydrogens is 368 g/mol. The van der Waals surface area contributed by atoms with Crippen molar-refractivity contribution in [2.45, 2.75) is 6.42 Å². The maximum Gasteiger partial charge on any atom is 0.225 e. The van der Waals surface area contributed by atoms with Gasteiger partial charge >= 0.3 is 0 Å². The van der Waals surface area contributed by atoms with E-state index in [1.165, 1.54) is 10.4 Å². The van der Waals surface area contributed by atoms with E-state index < -0.39 is 27.6 Å². The number of carbonyl (C=O) groups is 1. The second kappa shape index (κ2) is 9.36. The Morgan fingerprint density at radius 1 is 1.23 bits per heavy atom. The van der Waals surface area contributed by atoms with Crippen molar-refractivity contribution in [3.8, 4) is 0 Å². The lowest BCUT2D eigenvalue weighted by molar-refractivity contribution is -0.116. The fourth-order valence-corrected chi connectivity index (χ4v) is 3.38. The van der Waals surface area contributed by atoms with Crippen molar-refractivity contribution in [3.05, 3.63) is 29.8 Å². The van der Waals surface area contributed by atoms with Gasteiger partial charge in [0.25, 0.3) is 0 Å². The molecule has 1 aliphatic rings. The Bertz CT molecular complexity index is 724. The van der Waals surface area contributed by atoms with Crippen LogP contribution in [-0.2, 0) is 19.6 Å². The van der Waals surface area contributed by atoms with E-state index in [1.54, 1.807) is 0 Å². The lowest BCUT2D eigenvalue weighted by atomic mass is 10.3. The minimum Gasteiger partial charge on any atom is -0.379 e. The number of carbonyl (C=O) groups excluding carboxylic acids is 1. The molecule has 0 spiro atoms. The van der Waals surface area contributed by atoms with E-state index >= 15 is 0 Å². The predicted molar refractivity (Wildman–Crippen MR) is 93.3 cm³/mol. The monoisotopic (exact) mass is 391 g/mol. The highest BCUT2D eigenvalue weighted by molar-refractivity contribution is 7.88. The molecule has 1 aliphatic heterocycles. The molecule has 0 atom stereocenters. The number of ether oxygens (including phenoxy) is 1. The first-order valence-corrected chi connectivity index (χ1v) is 10.1. The number of hydrogen-bond donors (Lipinski definition) is 1. The lowest BCUT2D eigenvalue weighted by Gasteiger charge is -2.29. The van der Waals surface area contributed by atoms with Crippen molar-refractivity contribution in [1.29, 1.82) is 0 Å². The molecule has 1 aromatic carbocycles. The molecule has 0 aromatic heterocycles. The summed E-state index contributed by atoms with van der Waals surface area (Å²) in [5.41, 5.74) is 0.119. The summed E-state index contributed by atoms with van der Waals surface area (Å²) in [4.78, 5) is 14.1. The minimum absolute atomic E-state index is 0.0126. The number of sulfonamides is 1. The molecule has 1 heterocycles. The van der Waals surface area contributed by atoms with Crippen LogP contribution in [0.5, 0.6) is 0 Å². The SMILES string of the molecule is CS(=O)(=O)N(CCC(=O)Nc1ccc(F)c(F)c1)CCN1CCOCC1. The van der Waals surface area contributed by atoms with Gasteiger partial charge in [0, 0.05) is 50.9 Å². The normalized spacial score (nSPS) is 16.0. The first-order chi connectivity index (χ1) is 12.3. The number of halogens is 2. The molecule has 1 N–H and O–H groups in total. The van der Waals surface area contributed by atoms with Crippen molar-refractivity contribution in [3.63, 3.8) is 0 Å². The second-order valence-electron chi connectivity index (χ2n) is 6.04. The zero-order valence-corrected chi connectivity index (χ0v) is 15.4. The molecule has 1 aromatic rings. The van der Waals surface area contributed by atoms with Gasteiger partial charge in [0.1, 0.15) is 0 Å². The Kier molecular flexibility index (Phi) is 7.44. The number of nitrogens with zero attached hydrogens (tertiary/aromatic N) is 2. The predicted octanol–water partition coefficient (Wildman–Crippen LogP) is 0.887. The molecule has 7 nitrogen and oxygen atoms in total. The van der Waals surface area contributed by atoms with Crippen LogP contribution in [0, 0.1) is 11.6 Å². The lowest BCUT2D eigenvalue weighted by Crippen LogP contribution is -2.43. The largest absolute Gasteiger partial charge is 0.379 e. The molecule has 2 rings (SSSR count). The van der Waals surface area contributed by atoms with Crippen LogP contribution in [0.3, 0.4) is 0 Å². The number of rotatable bonds is 8. The summed E-state index contributed by atoms with van der Waals surface area (Å²) in [7, 11) is -3.46. The highest BCUT2D eigenvalue weighted by Gasteiger charge is 2.20. The number of morpholine rings is 1. The first-order valence-electron chi connectivity index (χ1n) is 8.26. The van der Waals surface area contributed by atoms with Crippen LogP contribution in [0.15, 0.2) is 18.2 Å². The molecule has 0 saturated carbocycles. The molecule has 1 fully saturated rings. The van der Waals surface area contributed by atoms with E-state index in [4.69, 9.17) is 4.74 Å². The number of benzene rings is 1. The average Bonchev–Trinajstić information content (AvgIpc) is 2.58. The third-order valence-electron chi connectivity index (χ3n) is 4.03. The number of anilines is 1. The van der Waals surface area contributed by atoms with Crippen molar-refractivity contribution >= 4 is 21.6 Å².